The minimum Gasteiger partial charge on any atom is -0.346 e. The molecule has 0 fully saturated rings. The van der Waals surface area contributed by atoms with E-state index in [-0.39, 0.29) is 5.43 Å². The summed E-state index contributed by atoms with van der Waals surface area (Å²) in [6, 6.07) is 10.0. The second-order valence-electron chi connectivity index (χ2n) is 6.22. The average Bonchev–Trinajstić information content (AvgIpc) is 2.48. The molecule has 0 amide bonds. The number of hydrogen-bond acceptors (Lipinski definition) is 2. The topological polar surface area (TPSA) is 34.0 Å². The molecule has 0 saturated carbocycles. The van der Waals surface area contributed by atoms with Crippen LogP contribution in [0.3, 0.4) is 0 Å². The van der Waals surface area contributed by atoms with E-state index in [9.17, 15) is 4.79 Å². The van der Waals surface area contributed by atoms with Crippen LogP contribution in [0.5, 0.6) is 0 Å². The molecule has 3 heteroatoms. The van der Waals surface area contributed by atoms with Crippen molar-refractivity contribution < 1.29 is 0 Å². The first-order chi connectivity index (χ1) is 10.1. The molecule has 1 aromatic heterocycles. The van der Waals surface area contributed by atoms with Crippen LogP contribution in [0.4, 0.5) is 0 Å². The standard InChI is InChI=1S/C18H26N2O/c1-14(2)8-9-15(3)19-11-13-20-12-10-18(21)16-6-4-5-7-17(16)20/h4-7,10,12,14-15,19H,8-9,11,13H2,1-3H3. The van der Waals surface area contributed by atoms with Crippen LogP contribution in [-0.2, 0) is 6.54 Å². The van der Waals surface area contributed by atoms with Gasteiger partial charge >= 0.3 is 0 Å². The Hall–Kier alpha value is -1.61. The predicted molar refractivity (Wildman–Crippen MR) is 89.7 cm³/mol. The first kappa shape index (κ1) is 15.8. The third kappa shape index (κ3) is 4.43. The highest BCUT2D eigenvalue weighted by Gasteiger charge is 2.04. The van der Waals surface area contributed by atoms with Crippen molar-refractivity contribution in [2.45, 2.75) is 46.2 Å². The monoisotopic (exact) mass is 286 g/mol. The number of aromatic nitrogens is 1. The van der Waals surface area contributed by atoms with E-state index in [0.29, 0.717) is 6.04 Å². The Balaban J connectivity index is 1.95. The number of para-hydroxylation sites is 1. The van der Waals surface area contributed by atoms with Gasteiger partial charge in [0.15, 0.2) is 5.43 Å². The summed E-state index contributed by atoms with van der Waals surface area (Å²) < 4.78 is 2.15. The molecule has 1 N–H and O–H groups in total. The lowest BCUT2D eigenvalue weighted by atomic mass is 10.0. The zero-order chi connectivity index (χ0) is 15.2. The Labute approximate surface area is 127 Å². The molecular formula is C18H26N2O. The molecular weight excluding hydrogens is 260 g/mol. The predicted octanol–water partition coefficient (Wildman–Crippen LogP) is 3.42. The van der Waals surface area contributed by atoms with Crippen LogP contribution in [-0.4, -0.2) is 17.2 Å². The molecule has 1 unspecified atom stereocenters. The highest BCUT2D eigenvalue weighted by Crippen LogP contribution is 2.09. The fraction of sp³-hybridized carbons (Fsp3) is 0.500. The van der Waals surface area contributed by atoms with Gasteiger partial charge in [-0.25, -0.2) is 0 Å². The fourth-order valence-electron chi connectivity index (χ4n) is 2.57. The van der Waals surface area contributed by atoms with E-state index in [4.69, 9.17) is 0 Å². The highest BCUT2D eigenvalue weighted by atomic mass is 16.1. The number of rotatable bonds is 7. The second kappa shape index (κ2) is 7.41. The molecule has 1 heterocycles. The number of nitrogens with one attached hydrogen (secondary N) is 1. The number of fused-ring (bicyclic) bond motifs is 1. The quantitative estimate of drug-likeness (QED) is 0.846. The van der Waals surface area contributed by atoms with Crippen molar-refractivity contribution in [3.8, 4) is 0 Å². The third-order valence-corrected chi connectivity index (χ3v) is 3.91. The summed E-state index contributed by atoms with van der Waals surface area (Å²) >= 11 is 0. The van der Waals surface area contributed by atoms with E-state index in [1.807, 2.05) is 30.5 Å². The molecule has 0 aliphatic heterocycles. The highest BCUT2D eigenvalue weighted by molar-refractivity contribution is 5.78. The Morgan fingerprint density at radius 3 is 2.62 bits per heavy atom. The van der Waals surface area contributed by atoms with Gasteiger partial charge in [0.2, 0.25) is 0 Å². The molecule has 0 aliphatic rings. The van der Waals surface area contributed by atoms with Gasteiger partial charge < -0.3 is 9.88 Å². The van der Waals surface area contributed by atoms with Gasteiger partial charge in [-0.2, -0.15) is 0 Å². The van der Waals surface area contributed by atoms with Crippen molar-refractivity contribution >= 4 is 10.9 Å². The largest absolute Gasteiger partial charge is 0.346 e. The Morgan fingerprint density at radius 1 is 1.10 bits per heavy atom. The van der Waals surface area contributed by atoms with E-state index >= 15 is 0 Å². The van der Waals surface area contributed by atoms with Crippen LogP contribution in [0.2, 0.25) is 0 Å². The van der Waals surface area contributed by atoms with E-state index in [0.717, 1.165) is 29.9 Å². The lowest BCUT2D eigenvalue weighted by molar-refractivity contribution is 0.442. The van der Waals surface area contributed by atoms with E-state index < -0.39 is 0 Å². The molecule has 0 bridgehead atoms. The van der Waals surface area contributed by atoms with Crippen LogP contribution >= 0.6 is 0 Å². The summed E-state index contributed by atoms with van der Waals surface area (Å²) in [5.41, 5.74) is 1.11. The minimum atomic E-state index is 0.0973. The van der Waals surface area contributed by atoms with Crippen molar-refractivity contribution in [1.82, 2.24) is 9.88 Å². The molecule has 0 spiro atoms. The zero-order valence-corrected chi connectivity index (χ0v) is 13.3. The second-order valence-corrected chi connectivity index (χ2v) is 6.22. The lowest BCUT2D eigenvalue weighted by Crippen LogP contribution is -2.29. The molecule has 114 valence electrons. The SMILES string of the molecule is CC(C)CCC(C)NCCn1ccc(=O)c2ccccc21. The molecule has 1 aromatic carbocycles. The average molecular weight is 286 g/mol. The Kier molecular flexibility index (Phi) is 5.57. The minimum absolute atomic E-state index is 0.0973. The summed E-state index contributed by atoms with van der Waals surface area (Å²) in [6.45, 7) is 8.57. The molecule has 0 aliphatic carbocycles. The number of pyridine rings is 1. The van der Waals surface area contributed by atoms with E-state index in [1.165, 1.54) is 12.8 Å². The first-order valence-corrected chi connectivity index (χ1v) is 7.89. The molecule has 2 aromatic rings. The summed E-state index contributed by atoms with van der Waals surface area (Å²) in [6.07, 6.45) is 4.36. The van der Waals surface area contributed by atoms with Crippen LogP contribution in [0.25, 0.3) is 10.9 Å². The third-order valence-electron chi connectivity index (χ3n) is 3.91. The van der Waals surface area contributed by atoms with Gasteiger partial charge in [0.05, 0.1) is 5.52 Å². The maximum absolute atomic E-state index is 11.8. The zero-order valence-electron chi connectivity index (χ0n) is 13.3. The van der Waals surface area contributed by atoms with Crippen molar-refractivity contribution in [3.63, 3.8) is 0 Å². The molecule has 2 rings (SSSR count). The van der Waals surface area contributed by atoms with Gasteiger partial charge in [-0.3, -0.25) is 4.79 Å². The van der Waals surface area contributed by atoms with Gasteiger partial charge in [-0.15, -0.1) is 0 Å². The Morgan fingerprint density at radius 2 is 1.86 bits per heavy atom. The molecule has 0 saturated heterocycles. The van der Waals surface area contributed by atoms with Crippen LogP contribution in [0.1, 0.15) is 33.6 Å². The molecule has 0 radical (unpaired) electrons. The van der Waals surface area contributed by atoms with E-state index in [2.05, 4.69) is 30.7 Å². The van der Waals surface area contributed by atoms with Crippen molar-refractivity contribution in [2.24, 2.45) is 5.92 Å². The first-order valence-electron chi connectivity index (χ1n) is 7.89. The van der Waals surface area contributed by atoms with Crippen LogP contribution in [0.15, 0.2) is 41.3 Å². The van der Waals surface area contributed by atoms with Gasteiger partial charge in [-0.1, -0.05) is 26.0 Å². The maximum atomic E-state index is 11.8. The van der Waals surface area contributed by atoms with Gasteiger partial charge in [0.1, 0.15) is 0 Å². The van der Waals surface area contributed by atoms with Crippen molar-refractivity contribution in [1.29, 1.82) is 0 Å². The van der Waals surface area contributed by atoms with Gasteiger partial charge in [0.25, 0.3) is 0 Å². The summed E-state index contributed by atoms with van der Waals surface area (Å²) in [7, 11) is 0. The Bertz CT molecular complexity index is 630. The van der Waals surface area contributed by atoms with Crippen molar-refractivity contribution in [2.75, 3.05) is 6.54 Å². The normalized spacial score (nSPS) is 13.0. The smallest absolute Gasteiger partial charge is 0.189 e. The van der Waals surface area contributed by atoms with Crippen LogP contribution in [0, 0.1) is 5.92 Å². The lowest BCUT2D eigenvalue weighted by Gasteiger charge is -2.16. The molecule has 1 atom stereocenters. The van der Waals surface area contributed by atoms with Gasteiger partial charge in [0, 0.05) is 36.8 Å². The van der Waals surface area contributed by atoms with Gasteiger partial charge in [-0.05, 0) is 37.8 Å². The summed E-state index contributed by atoms with van der Waals surface area (Å²) in [4.78, 5) is 11.8. The summed E-state index contributed by atoms with van der Waals surface area (Å²) in [5.74, 6) is 0.761. The molecule has 21 heavy (non-hydrogen) atoms. The number of hydrogen-bond donors (Lipinski definition) is 1. The fourth-order valence-corrected chi connectivity index (χ4v) is 2.57. The molecule has 3 nitrogen and oxygen atoms in total. The van der Waals surface area contributed by atoms with Crippen LogP contribution < -0.4 is 10.7 Å². The van der Waals surface area contributed by atoms with Crippen molar-refractivity contribution in [3.05, 3.63) is 46.8 Å². The summed E-state index contributed by atoms with van der Waals surface area (Å²) in [5, 5.41) is 4.37. The number of nitrogens with zero attached hydrogens (tertiary/aromatic N) is 1. The number of benzene rings is 1. The van der Waals surface area contributed by atoms with E-state index in [1.54, 1.807) is 6.07 Å². The maximum Gasteiger partial charge on any atom is 0.189 e.